The molecule has 5 heteroatoms. The molecule has 0 aromatic heterocycles. The Hall–Kier alpha value is -0.820. The number of ether oxygens (including phenoxy) is 1. The lowest BCUT2D eigenvalue weighted by atomic mass is 9.87. The highest BCUT2D eigenvalue weighted by molar-refractivity contribution is 14.0. The van der Waals surface area contributed by atoms with Crippen LogP contribution in [0, 0.1) is 26.2 Å². The lowest BCUT2D eigenvalue weighted by molar-refractivity contribution is 0.156. The molecule has 1 atom stereocenters. The summed E-state index contributed by atoms with van der Waals surface area (Å²) >= 11 is 0. The zero-order chi connectivity index (χ0) is 17.2. The van der Waals surface area contributed by atoms with Crippen molar-refractivity contribution in [1.82, 2.24) is 10.2 Å². The highest BCUT2D eigenvalue weighted by atomic mass is 127. The quantitative estimate of drug-likeness (QED) is 0.429. The van der Waals surface area contributed by atoms with E-state index in [0.29, 0.717) is 5.41 Å². The van der Waals surface area contributed by atoms with Gasteiger partial charge in [-0.15, -0.1) is 24.0 Å². The van der Waals surface area contributed by atoms with Gasteiger partial charge in [-0.3, -0.25) is 4.99 Å². The summed E-state index contributed by atoms with van der Waals surface area (Å²) in [4.78, 5) is 6.91. The van der Waals surface area contributed by atoms with E-state index in [4.69, 9.17) is 4.74 Å². The van der Waals surface area contributed by atoms with Gasteiger partial charge in [-0.2, -0.15) is 0 Å². The molecule has 1 aromatic carbocycles. The Morgan fingerprint density at radius 1 is 1.24 bits per heavy atom. The molecule has 2 saturated heterocycles. The molecule has 0 radical (unpaired) electrons. The lowest BCUT2D eigenvalue weighted by Gasteiger charge is -2.25. The summed E-state index contributed by atoms with van der Waals surface area (Å²) < 4.78 is 5.63. The molecule has 0 bridgehead atoms. The molecular weight excluding hydrogens is 425 g/mol. The van der Waals surface area contributed by atoms with Crippen molar-refractivity contribution < 1.29 is 4.74 Å². The zero-order valence-electron chi connectivity index (χ0n) is 16.0. The van der Waals surface area contributed by atoms with Crippen molar-refractivity contribution in [1.29, 1.82) is 0 Å². The number of benzene rings is 1. The van der Waals surface area contributed by atoms with Crippen molar-refractivity contribution >= 4 is 29.9 Å². The number of halogens is 1. The highest BCUT2D eigenvalue weighted by Crippen LogP contribution is 2.38. The number of nitrogens with one attached hydrogen (secondary N) is 1. The van der Waals surface area contributed by atoms with Crippen LogP contribution in [0.5, 0.6) is 0 Å². The fourth-order valence-electron chi connectivity index (χ4n) is 4.32. The van der Waals surface area contributed by atoms with Gasteiger partial charge >= 0.3 is 0 Å². The van der Waals surface area contributed by atoms with E-state index in [1.807, 2.05) is 7.05 Å². The number of aliphatic imine (C=N–C) groups is 1. The molecule has 2 heterocycles. The van der Waals surface area contributed by atoms with Gasteiger partial charge in [0.05, 0.1) is 6.61 Å². The van der Waals surface area contributed by atoms with Crippen molar-refractivity contribution in [2.24, 2.45) is 10.4 Å². The topological polar surface area (TPSA) is 36.9 Å². The molecular formula is C20H32IN3O. The van der Waals surface area contributed by atoms with Gasteiger partial charge < -0.3 is 15.0 Å². The minimum Gasteiger partial charge on any atom is -0.381 e. The van der Waals surface area contributed by atoms with Gasteiger partial charge in [0, 0.05) is 38.7 Å². The number of hydrogen-bond donors (Lipinski definition) is 1. The van der Waals surface area contributed by atoms with E-state index in [1.54, 1.807) is 0 Å². The predicted molar refractivity (Wildman–Crippen MR) is 115 cm³/mol. The Bertz CT molecular complexity index is 600. The Kier molecular flexibility index (Phi) is 7.14. The molecule has 1 unspecified atom stereocenters. The first-order valence-electron chi connectivity index (χ1n) is 9.13. The van der Waals surface area contributed by atoms with Crippen LogP contribution in [0.3, 0.4) is 0 Å². The maximum atomic E-state index is 5.63. The summed E-state index contributed by atoms with van der Waals surface area (Å²) in [5.41, 5.74) is 5.98. The van der Waals surface area contributed by atoms with Crippen LogP contribution in [0.25, 0.3) is 0 Å². The van der Waals surface area contributed by atoms with Crippen LogP contribution in [0.1, 0.15) is 35.1 Å². The smallest absolute Gasteiger partial charge is 0.193 e. The van der Waals surface area contributed by atoms with Crippen molar-refractivity contribution in [2.45, 2.75) is 40.0 Å². The monoisotopic (exact) mass is 457 g/mol. The van der Waals surface area contributed by atoms with E-state index in [0.717, 1.165) is 45.2 Å². The van der Waals surface area contributed by atoms with Gasteiger partial charge in [0.2, 0.25) is 0 Å². The molecule has 1 aromatic rings. The number of hydrogen-bond acceptors (Lipinski definition) is 2. The van der Waals surface area contributed by atoms with Gasteiger partial charge in [-0.25, -0.2) is 0 Å². The molecule has 0 aliphatic carbocycles. The molecule has 1 N–H and O–H groups in total. The number of nitrogens with zero attached hydrogens (tertiary/aromatic N) is 2. The molecule has 2 fully saturated rings. The SMILES string of the molecule is CN=C(NCCc1c(C)cc(C)cc1C)N1CCC2(CCOC2)C1.I. The van der Waals surface area contributed by atoms with Gasteiger partial charge in [0.15, 0.2) is 5.96 Å². The summed E-state index contributed by atoms with van der Waals surface area (Å²) in [6, 6.07) is 4.56. The largest absolute Gasteiger partial charge is 0.381 e. The van der Waals surface area contributed by atoms with E-state index < -0.39 is 0 Å². The van der Waals surface area contributed by atoms with Crippen molar-refractivity contribution in [2.75, 3.05) is 39.9 Å². The second kappa shape index (κ2) is 8.71. The molecule has 3 rings (SSSR count). The van der Waals surface area contributed by atoms with Crippen LogP contribution in [-0.2, 0) is 11.2 Å². The molecule has 4 nitrogen and oxygen atoms in total. The summed E-state index contributed by atoms with van der Waals surface area (Å²) in [5.74, 6) is 1.04. The molecule has 1 spiro atoms. The molecule has 2 aliphatic heterocycles. The maximum Gasteiger partial charge on any atom is 0.193 e. The Morgan fingerprint density at radius 2 is 1.96 bits per heavy atom. The second-order valence-corrected chi connectivity index (χ2v) is 7.58. The average Bonchev–Trinajstić information content (AvgIpc) is 3.16. The third-order valence-electron chi connectivity index (χ3n) is 5.63. The summed E-state index contributed by atoms with van der Waals surface area (Å²) in [6.45, 7) is 11.5. The van der Waals surface area contributed by atoms with Gasteiger partial charge in [0.1, 0.15) is 0 Å². The Morgan fingerprint density at radius 3 is 2.56 bits per heavy atom. The first kappa shape index (κ1) is 20.5. The predicted octanol–water partition coefficient (Wildman–Crippen LogP) is 3.46. The van der Waals surface area contributed by atoms with E-state index in [1.165, 1.54) is 35.1 Å². The fourth-order valence-corrected chi connectivity index (χ4v) is 4.32. The standard InChI is InChI=1S/C20H31N3O.HI/c1-15-11-16(2)18(17(3)12-15)5-8-22-19(21-4)23-9-6-20(13-23)7-10-24-14-20;/h11-12H,5-10,13-14H2,1-4H3,(H,21,22);1H. The highest BCUT2D eigenvalue weighted by Gasteiger charge is 2.42. The lowest BCUT2D eigenvalue weighted by Crippen LogP contribution is -2.42. The minimum atomic E-state index is 0. The van der Waals surface area contributed by atoms with Crippen LogP contribution in [-0.4, -0.2) is 50.8 Å². The molecule has 2 aliphatic rings. The molecule has 140 valence electrons. The first-order valence-corrected chi connectivity index (χ1v) is 9.13. The van der Waals surface area contributed by atoms with Crippen LogP contribution in [0.15, 0.2) is 17.1 Å². The summed E-state index contributed by atoms with van der Waals surface area (Å²) in [7, 11) is 1.89. The van der Waals surface area contributed by atoms with Gasteiger partial charge in [0.25, 0.3) is 0 Å². The first-order chi connectivity index (χ1) is 11.5. The van der Waals surface area contributed by atoms with Crippen LogP contribution < -0.4 is 5.32 Å². The molecule has 0 amide bonds. The van der Waals surface area contributed by atoms with Crippen molar-refractivity contribution in [3.63, 3.8) is 0 Å². The number of guanidine groups is 1. The molecule has 25 heavy (non-hydrogen) atoms. The Labute approximate surface area is 169 Å². The maximum absolute atomic E-state index is 5.63. The number of rotatable bonds is 3. The third kappa shape index (κ3) is 4.67. The van der Waals surface area contributed by atoms with Crippen molar-refractivity contribution in [3.8, 4) is 0 Å². The fraction of sp³-hybridized carbons (Fsp3) is 0.650. The van der Waals surface area contributed by atoms with Gasteiger partial charge in [-0.05, 0) is 56.7 Å². The van der Waals surface area contributed by atoms with Crippen LogP contribution >= 0.6 is 24.0 Å². The van der Waals surface area contributed by atoms with Crippen LogP contribution in [0.2, 0.25) is 0 Å². The zero-order valence-corrected chi connectivity index (χ0v) is 18.4. The second-order valence-electron chi connectivity index (χ2n) is 7.58. The average molecular weight is 457 g/mol. The van der Waals surface area contributed by atoms with Crippen LogP contribution in [0.4, 0.5) is 0 Å². The number of aryl methyl sites for hydroxylation is 3. The van der Waals surface area contributed by atoms with E-state index >= 15 is 0 Å². The summed E-state index contributed by atoms with van der Waals surface area (Å²) in [6.07, 6.45) is 3.46. The third-order valence-corrected chi connectivity index (χ3v) is 5.63. The summed E-state index contributed by atoms with van der Waals surface area (Å²) in [5, 5.41) is 3.57. The molecule has 0 saturated carbocycles. The van der Waals surface area contributed by atoms with Gasteiger partial charge in [-0.1, -0.05) is 17.7 Å². The Balaban J connectivity index is 0.00000225. The normalized spacial score (nSPS) is 23.2. The number of likely N-dealkylation sites (tertiary alicyclic amines) is 1. The van der Waals surface area contributed by atoms with E-state index in [9.17, 15) is 0 Å². The van der Waals surface area contributed by atoms with Crippen molar-refractivity contribution in [3.05, 3.63) is 34.4 Å². The van der Waals surface area contributed by atoms with E-state index in [2.05, 4.69) is 48.1 Å². The van der Waals surface area contributed by atoms with E-state index in [-0.39, 0.29) is 24.0 Å². The minimum absolute atomic E-state index is 0.